The summed E-state index contributed by atoms with van der Waals surface area (Å²) in [5.74, 6) is 1.98. The molecule has 0 radical (unpaired) electrons. The number of piperidine rings is 1. The molecule has 0 bridgehead atoms. The van der Waals surface area contributed by atoms with Gasteiger partial charge in [-0.05, 0) is 31.4 Å². The normalized spacial score (nSPS) is 19.8. The van der Waals surface area contributed by atoms with Crippen LogP contribution in [0.3, 0.4) is 0 Å². The molecule has 2 unspecified atom stereocenters. The summed E-state index contributed by atoms with van der Waals surface area (Å²) in [6, 6.07) is 3.95. The Bertz CT molecular complexity index is 742. The number of pyridine rings is 1. The van der Waals surface area contributed by atoms with E-state index < -0.39 is 0 Å². The third-order valence-corrected chi connectivity index (χ3v) is 5.06. The summed E-state index contributed by atoms with van der Waals surface area (Å²) in [4.78, 5) is 15.4. The van der Waals surface area contributed by atoms with Gasteiger partial charge in [-0.3, -0.25) is 0 Å². The van der Waals surface area contributed by atoms with Crippen LogP contribution in [0.15, 0.2) is 42.0 Å². The minimum absolute atomic E-state index is 0. The number of aliphatic imine (C=N–C) groups is 1. The van der Waals surface area contributed by atoms with Crippen LogP contribution in [0.2, 0.25) is 5.02 Å². The first-order chi connectivity index (χ1) is 13.2. The lowest BCUT2D eigenvalue weighted by Gasteiger charge is -2.39. The van der Waals surface area contributed by atoms with Gasteiger partial charge in [0.05, 0.1) is 18.9 Å². The number of hydrogen-bond donors (Lipinski definition) is 1. The van der Waals surface area contributed by atoms with Crippen LogP contribution in [0.5, 0.6) is 5.88 Å². The number of hydrogen-bond acceptors (Lipinski definition) is 4. The van der Waals surface area contributed by atoms with Gasteiger partial charge in [-0.1, -0.05) is 18.5 Å². The van der Waals surface area contributed by atoms with Crippen LogP contribution in [0.1, 0.15) is 26.3 Å². The first kappa shape index (κ1) is 22.7. The zero-order chi connectivity index (χ0) is 19.1. The van der Waals surface area contributed by atoms with Gasteiger partial charge in [0, 0.05) is 38.2 Å². The van der Waals surface area contributed by atoms with Crippen LogP contribution in [0, 0.1) is 5.92 Å². The lowest BCUT2D eigenvalue weighted by molar-refractivity contribution is 0.188. The van der Waals surface area contributed by atoms with E-state index in [1.165, 1.54) is 0 Å². The van der Waals surface area contributed by atoms with E-state index in [0.717, 1.165) is 32.0 Å². The summed E-state index contributed by atoms with van der Waals surface area (Å²) in [5, 5.41) is 3.91. The van der Waals surface area contributed by atoms with Crippen molar-refractivity contribution in [3.63, 3.8) is 0 Å². The van der Waals surface area contributed by atoms with Gasteiger partial charge < -0.3 is 19.5 Å². The quantitative estimate of drug-likeness (QED) is 0.275. The van der Waals surface area contributed by atoms with Crippen LogP contribution in [-0.2, 0) is 0 Å². The highest BCUT2D eigenvalue weighted by Gasteiger charge is 2.28. The second-order valence-corrected chi connectivity index (χ2v) is 7.07. The maximum absolute atomic E-state index is 6.06. The average Bonchev–Trinajstić information content (AvgIpc) is 3.20. The smallest absolute Gasteiger partial charge is 0.232 e. The molecule has 2 aromatic heterocycles. The van der Waals surface area contributed by atoms with E-state index in [2.05, 4.69) is 38.6 Å². The number of imidazole rings is 1. The Balaban J connectivity index is 0.00000280. The van der Waals surface area contributed by atoms with Crippen molar-refractivity contribution in [3.05, 3.63) is 42.1 Å². The number of likely N-dealkylation sites (tertiary alicyclic amines) is 1. The molecule has 1 saturated heterocycles. The summed E-state index contributed by atoms with van der Waals surface area (Å²) in [6.45, 7) is 8.09. The Morgan fingerprint density at radius 3 is 3.00 bits per heavy atom. The number of rotatable bonds is 6. The summed E-state index contributed by atoms with van der Waals surface area (Å²) >= 11 is 6.06. The summed E-state index contributed by atoms with van der Waals surface area (Å²) in [5.41, 5.74) is 0. The zero-order valence-corrected chi connectivity index (χ0v) is 19.4. The Morgan fingerprint density at radius 1 is 1.43 bits per heavy atom. The summed E-state index contributed by atoms with van der Waals surface area (Å²) in [7, 11) is 0. The second-order valence-electron chi connectivity index (χ2n) is 6.66. The summed E-state index contributed by atoms with van der Waals surface area (Å²) < 4.78 is 7.84. The van der Waals surface area contributed by atoms with Crippen molar-refractivity contribution in [3.8, 4) is 5.88 Å². The van der Waals surface area contributed by atoms with Crippen LogP contribution in [0.25, 0.3) is 0 Å². The molecule has 0 aliphatic carbocycles. The molecule has 3 rings (SSSR count). The van der Waals surface area contributed by atoms with Gasteiger partial charge in [-0.15, -0.1) is 24.0 Å². The van der Waals surface area contributed by atoms with E-state index in [0.29, 0.717) is 36.0 Å². The fraction of sp³-hybridized carbons (Fsp3) is 0.526. The number of ether oxygens (including phenoxy) is 1. The molecule has 1 N–H and O–H groups in total. The van der Waals surface area contributed by atoms with E-state index in [1.807, 2.05) is 18.7 Å². The van der Waals surface area contributed by atoms with Crippen molar-refractivity contribution in [2.24, 2.45) is 10.9 Å². The Kier molecular flexibility index (Phi) is 9.30. The molecule has 0 amide bonds. The van der Waals surface area contributed by atoms with Gasteiger partial charge >= 0.3 is 0 Å². The molecule has 7 nitrogen and oxygen atoms in total. The van der Waals surface area contributed by atoms with Gasteiger partial charge in [0.15, 0.2) is 5.96 Å². The van der Waals surface area contributed by atoms with Crippen LogP contribution in [-0.4, -0.2) is 58.2 Å². The first-order valence-electron chi connectivity index (χ1n) is 9.43. The van der Waals surface area contributed by atoms with Crippen molar-refractivity contribution < 1.29 is 4.74 Å². The van der Waals surface area contributed by atoms with Gasteiger partial charge in [-0.25, -0.2) is 15.0 Å². The number of aromatic nitrogens is 3. The Hall–Kier alpha value is -1.55. The van der Waals surface area contributed by atoms with E-state index in [1.54, 1.807) is 18.3 Å². The SMILES string of the molecule is CCNC(=NCCOc1ncccc1Cl)N1CCC(C)C(n2ccnc2)C1.I. The van der Waals surface area contributed by atoms with Crippen molar-refractivity contribution >= 4 is 41.5 Å². The minimum Gasteiger partial charge on any atom is -0.475 e. The molecule has 0 aromatic carbocycles. The predicted octanol–water partition coefficient (Wildman–Crippen LogP) is 3.48. The highest BCUT2D eigenvalue weighted by Crippen LogP contribution is 2.27. The molecule has 2 aromatic rings. The third kappa shape index (κ3) is 5.97. The summed E-state index contributed by atoms with van der Waals surface area (Å²) in [6.07, 6.45) is 8.57. The molecule has 2 atom stereocenters. The van der Waals surface area contributed by atoms with E-state index in [4.69, 9.17) is 21.3 Å². The van der Waals surface area contributed by atoms with Crippen molar-refractivity contribution in [1.82, 2.24) is 24.8 Å². The van der Waals surface area contributed by atoms with Gasteiger partial charge in [0.2, 0.25) is 5.88 Å². The number of halogens is 2. The molecular weight excluding hydrogens is 491 g/mol. The van der Waals surface area contributed by atoms with Crippen molar-refractivity contribution in [1.29, 1.82) is 0 Å². The molecule has 1 fully saturated rings. The van der Waals surface area contributed by atoms with Crippen LogP contribution < -0.4 is 10.1 Å². The highest BCUT2D eigenvalue weighted by molar-refractivity contribution is 14.0. The zero-order valence-electron chi connectivity index (χ0n) is 16.3. The minimum atomic E-state index is 0. The highest BCUT2D eigenvalue weighted by atomic mass is 127. The van der Waals surface area contributed by atoms with Crippen molar-refractivity contribution in [2.45, 2.75) is 26.3 Å². The van der Waals surface area contributed by atoms with Crippen molar-refractivity contribution in [2.75, 3.05) is 32.8 Å². The molecule has 0 spiro atoms. The van der Waals surface area contributed by atoms with Gasteiger partial charge in [0.25, 0.3) is 0 Å². The standard InChI is InChI=1S/C19H27ClN6O.HI/c1-3-22-19(24-9-12-27-18-16(20)5-4-7-23-18)25-10-6-15(2)17(13-25)26-11-8-21-14-26;/h4-5,7-8,11,14-15,17H,3,6,9-10,12-13H2,1-2H3,(H,22,24);1H. The number of guanidine groups is 1. The van der Waals surface area contributed by atoms with E-state index >= 15 is 0 Å². The molecule has 1 aliphatic heterocycles. The van der Waals surface area contributed by atoms with E-state index in [-0.39, 0.29) is 24.0 Å². The van der Waals surface area contributed by atoms with Gasteiger partial charge in [0.1, 0.15) is 11.6 Å². The lowest BCUT2D eigenvalue weighted by Crippen LogP contribution is -2.49. The molecular formula is C19H28ClIN6O. The number of nitrogens with zero attached hydrogens (tertiary/aromatic N) is 5. The Morgan fingerprint density at radius 2 is 2.29 bits per heavy atom. The largest absolute Gasteiger partial charge is 0.475 e. The first-order valence-corrected chi connectivity index (χ1v) is 9.80. The number of nitrogens with one attached hydrogen (secondary N) is 1. The third-order valence-electron chi connectivity index (χ3n) is 4.78. The molecule has 3 heterocycles. The maximum Gasteiger partial charge on any atom is 0.232 e. The lowest BCUT2D eigenvalue weighted by atomic mass is 9.93. The molecule has 9 heteroatoms. The average molecular weight is 519 g/mol. The molecule has 28 heavy (non-hydrogen) atoms. The molecule has 1 aliphatic rings. The monoisotopic (exact) mass is 518 g/mol. The fourth-order valence-corrected chi connectivity index (χ4v) is 3.47. The topological polar surface area (TPSA) is 67.6 Å². The van der Waals surface area contributed by atoms with Gasteiger partial charge in [-0.2, -0.15) is 0 Å². The molecule has 0 saturated carbocycles. The Labute approximate surface area is 188 Å². The molecule has 154 valence electrons. The van der Waals surface area contributed by atoms with Crippen LogP contribution >= 0.6 is 35.6 Å². The van der Waals surface area contributed by atoms with Crippen LogP contribution in [0.4, 0.5) is 0 Å². The maximum atomic E-state index is 6.06. The fourth-order valence-electron chi connectivity index (χ4n) is 3.29. The van der Waals surface area contributed by atoms with E-state index in [9.17, 15) is 0 Å². The predicted molar refractivity (Wildman–Crippen MR) is 123 cm³/mol. The second kappa shape index (κ2) is 11.5.